The van der Waals surface area contributed by atoms with E-state index in [1.807, 2.05) is 55.5 Å². The normalized spacial score (nSPS) is 13.8. The molecule has 4 nitrogen and oxygen atoms in total. The maximum atomic E-state index is 13.3. The predicted octanol–water partition coefficient (Wildman–Crippen LogP) is 7.62. The Balaban J connectivity index is 1.44. The zero-order valence-corrected chi connectivity index (χ0v) is 22.4. The lowest BCUT2D eigenvalue weighted by molar-refractivity contribution is -0.120. The average Bonchev–Trinajstić information content (AvgIpc) is 3.35. The van der Waals surface area contributed by atoms with Gasteiger partial charge in [-0.25, -0.2) is 0 Å². The summed E-state index contributed by atoms with van der Waals surface area (Å²) in [6, 6.07) is 26.8. The number of rotatable bonds is 14. The van der Waals surface area contributed by atoms with E-state index in [9.17, 15) is 4.79 Å². The van der Waals surface area contributed by atoms with Crippen LogP contribution in [-0.4, -0.2) is 23.9 Å². The van der Waals surface area contributed by atoms with E-state index in [0.29, 0.717) is 12.3 Å². The topological polar surface area (TPSA) is 54.1 Å². The molecule has 194 valence electrons. The summed E-state index contributed by atoms with van der Waals surface area (Å²) in [5, 5.41) is 4.86. The third-order valence-corrected chi connectivity index (χ3v) is 7.28. The Labute approximate surface area is 221 Å². The molecule has 0 saturated heterocycles. The van der Waals surface area contributed by atoms with Gasteiger partial charge in [-0.2, -0.15) is 0 Å². The molecule has 4 aromatic rings. The van der Waals surface area contributed by atoms with Crippen LogP contribution in [0.3, 0.4) is 0 Å². The molecule has 0 fully saturated rings. The summed E-state index contributed by atoms with van der Waals surface area (Å²) in [5.74, 6) is 1.65. The van der Waals surface area contributed by atoms with Gasteiger partial charge >= 0.3 is 0 Å². The number of Topliss-reactive ketones (excluding diaryl/α,β-unsaturated/α-hetero) is 1. The highest BCUT2D eigenvalue weighted by Gasteiger charge is 2.22. The fourth-order valence-electron chi connectivity index (χ4n) is 4.96. The van der Waals surface area contributed by atoms with E-state index in [-0.39, 0.29) is 17.6 Å². The zero-order valence-electron chi connectivity index (χ0n) is 22.4. The lowest BCUT2D eigenvalue weighted by Crippen LogP contribution is -2.24. The highest BCUT2D eigenvalue weighted by molar-refractivity contribution is 5.86. The molecule has 1 unspecified atom stereocenters. The molecule has 0 bridgehead atoms. The maximum absolute atomic E-state index is 13.3. The Morgan fingerprint density at radius 3 is 2.41 bits per heavy atom. The second-order valence-corrected chi connectivity index (χ2v) is 10.3. The van der Waals surface area contributed by atoms with Crippen LogP contribution in [0, 0.1) is 5.92 Å². The average molecular weight is 497 g/mol. The van der Waals surface area contributed by atoms with E-state index < -0.39 is 0 Å². The minimum absolute atomic E-state index is 0.0805. The molecule has 1 aromatic heterocycles. The molecule has 2 N–H and O–H groups in total. The van der Waals surface area contributed by atoms with Crippen LogP contribution >= 0.6 is 0 Å². The van der Waals surface area contributed by atoms with Crippen molar-refractivity contribution in [3.8, 4) is 5.75 Å². The summed E-state index contributed by atoms with van der Waals surface area (Å²) in [4.78, 5) is 16.7. The summed E-state index contributed by atoms with van der Waals surface area (Å²) >= 11 is 0. The molecule has 4 rings (SSSR count). The van der Waals surface area contributed by atoms with E-state index in [1.54, 1.807) is 0 Å². The smallest absolute Gasteiger partial charge is 0.140 e. The molecule has 0 aliphatic carbocycles. The van der Waals surface area contributed by atoms with Crippen molar-refractivity contribution < 1.29 is 9.53 Å². The maximum Gasteiger partial charge on any atom is 0.140 e. The van der Waals surface area contributed by atoms with E-state index in [1.165, 1.54) is 23.8 Å². The Morgan fingerprint density at radius 2 is 1.65 bits per heavy atom. The molecule has 3 aromatic carbocycles. The van der Waals surface area contributed by atoms with Gasteiger partial charge in [0, 0.05) is 48.4 Å². The largest absolute Gasteiger partial charge is 0.493 e. The SMILES string of the molecule is CCCC(C)COc1ccc([C@H](CNCc2c[nH]c3ccccc23)CC(=O)[C@@H](C)c2ccccc2)cc1. The first kappa shape index (κ1) is 26.7. The van der Waals surface area contributed by atoms with E-state index >= 15 is 0 Å². The number of para-hydroxylation sites is 1. The number of aromatic nitrogens is 1. The van der Waals surface area contributed by atoms with Gasteiger partial charge in [-0.15, -0.1) is 0 Å². The zero-order chi connectivity index (χ0) is 26.0. The summed E-state index contributed by atoms with van der Waals surface area (Å²) in [6.45, 7) is 8.66. The molecule has 1 heterocycles. The molecule has 0 aliphatic rings. The fraction of sp³-hybridized carbons (Fsp3) is 0.364. The number of hydrogen-bond acceptors (Lipinski definition) is 3. The van der Waals surface area contributed by atoms with Gasteiger partial charge in [0.15, 0.2) is 0 Å². The molecule has 0 radical (unpaired) electrons. The molecular formula is C33H40N2O2. The third-order valence-electron chi connectivity index (χ3n) is 7.28. The Morgan fingerprint density at radius 1 is 0.919 bits per heavy atom. The standard InChI is InChI=1S/C33H40N2O2/c1-4-10-24(2)23-37-30-17-15-27(16-18-30)28(19-33(36)25(3)26-11-6-5-7-12-26)20-34-21-29-22-35-32-14-9-8-13-31(29)32/h5-9,11-18,22,24-25,28,34-35H,4,10,19-21,23H2,1-3H3/t24?,25-,28-/m0/s1. The number of nitrogens with one attached hydrogen (secondary N) is 2. The van der Waals surface area contributed by atoms with Crippen LogP contribution in [0.25, 0.3) is 10.9 Å². The summed E-state index contributed by atoms with van der Waals surface area (Å²) in [5.41, 5.74) is 4.62. The second kappa shape index (κ2) is 13.3. The molecule has 4 heteroatoms. The summed E-state index contributed by atoms with van der Waals surface area (Å²) in [6.07, 6.45) is 4.90. The van der Waals surface area contributed by atoms with Crippen LogP contribution in [0.4, 0.5) is 0 Å². The van der Waals surface area contributed by atoms with Crippen LogP contribution in [0.1, 0.15) is 68.6 Å². The van der Waals surface area contributed by atoms with E-state index in [0.717, 1.165) is 42.1 Å². The van der Waals surface area contributed by atoms with Crippen LogP contribution in [-0.2, 0) is 11.3 Å². The van der Waals surface area contributed by atoms with Gasteiger partial charge in [0.25, 0.3) is 0 Å². The van der Waals surface area contributed by atoms with Gasteiger partial charge in [-0.05, 0) is 47.2 Å². The molecule has 0 spiro atoms. The third kappa shape index (κ3) is 7.33. The second-order valence-electron chi connectivity index (χ2n) is 10.3. The minimum Gasteiger partial charge on any atom is -0.493 e. The van der Waals surface area contributed by atoms with Gasteiger partial charge in [-0.1, -0.05) is 87.9 Å². The number of carbonyl (C=O) groups is 1. The quantitative estimate of drug-likeness (QED) is 0.189. The van der Waals surface area contributed by atoms with Gasteiger partial charge in [0.05, 0.1) is 6.61 Å². The van der Waals surface area contributed by atoms with Crippen molar-refractivity contribution in [2.24, 2.45) is 5.92 Å². The van der Waals surface area contributed by atoms with E-state index in [4.69, 9.17) is 4.74 Å². The van der Waals surface area contributed by atoms with Gasteiger partial charge in [-0.3, -0.25) is 4.79 Å². The number of fused-ring (bicyclic) bond motifs is 1. The number of hydrogen-bond donors (Lipinski definition) is 2. The number of carbonyl (C=O) groups excluding carboxylic acids is 1. The van der Waals surface area contributed by atoms with Gasteiger partial charge in [0.1, 0.15) is 11.5 Å². The number of benzene rings is 3. The number of ether oxygens (including phenoxy) is 1. The molecule has 3 atom stereocenters. The monoisotopic (exact) mass is 496 g/mol. The Hall–Kier alpha value is -3.37. The minimum atomic E-state index is -0.125. The van der Waals surface area contributed by atoms with Crippen molar-refractivity contribution in [3.63, 3.8) is 0 Å². The van der Waals surface area contributed by atoms with Crippen LogP contribution < -0.4 is 10.1 Å². The molecule has 0 saturated carbocycles. The fourth-order valence-corrected chi connectivity index (χ4v) is 4.96. The first-order chi connectivity index (χ1) is 18.0. The van der Waals surface area contributed by atoms with Crippen molar-refractivity contribution in [1.29, 1.82) is 0 Å². The van der Waals surface area contributed by atoms with Gasteiger partial charge in [0.2, 0.25) is 0 Å². The van der Waals surface area contributed by atoms with Crippen LogP contribution in [0.2, 0.25) is 0 Å². The first-order valence-corrected chi connectivity index (χ1v) is 13.6. The lowest BCUT2D eigenvalue weighted by Gasteiger charge is -2.21. The summed E-state index contributed by atoms with van der Waals surface area (Å²) < 4.78 is 6.02. The Bertz CT molecular complexity index is 1250. The van der Waals surface area contributed by atoms with Crippen LogP contribution in [0.5, 0.6) is 5.75 Å². The number of aromatic amines is 1. The van der Waals surface area contributed by atoms with E-state index in [2.05, 4.69) is 60.7 Å². The molecule has 37 heavy (non-hydrogen) atoms. The number of ketones is 1. The van der Waals surface area contributed by atoms with Crippen molar-refractivity contribution in [3.05, 3.63) is 102 Å². The van der Waals surface area contributed by atoms with Crippen molar-refractivity contribution in [2.75, 3.05) is 13.2 Å². The summed E-state index contributed by atoms with van der Waals surface area (Å²) in [7, 11) is 0. The molecule has 0 aliphatic heterocycles. The van der Waals surface area contributed by atoms with Crippen molar-refractivity contribution >= 4 is 16.7 Å². The highest BCUT2D eigenvalue weighted by Crippen LogP contribution is 2.27. The predicted molar refractivity (Wildman–Crippen MR) is 153 cm³/mol. The lowest BCUT2D eigenvalue weighted by atomic mass is 9.87. The van der Waals surface area contributed by atoms with Crippen molar-refractivity contribution in [2.45, 2.75) is 58.4 Å². The molecular weight excluding hydrogens is 456 g/mol. The first-order valence-electron chi connectivity index (χ1n) is 13.6. The number of H-pyrrole nitrogens is 1. The Kier molecular flexibility index (Phi) is 9.56. The molecule has 0 amide bonds. The van der Waals surface area contributed by atoms with Crippen molar-refractivity contribution in [1.82, 2.24) is 10.3 Å². The van der Waals surface area contributed by atoms with Crippen LogP contribution in [0.15, 0.2) is 85.1 Å². The van der Waals surface area contributed by atoms with Gasteiger partial charge < -0.3 is 15.0 Å². The highest BCUT2D eigenvalue weighted by atomic mass is 16.5.